The monoisotopic (exact) mass is 990 g/mol. The van der Waals surface area contributed by atoms with E-state index in [1.165, 1.54) is 78.9 Å². The molecular weight excluding hydrogens is 941 g/mol. The van der Waals surface area contributed by atoms with Crippen molar-refractivity contribution in [1.29, 1.82) is 0 Å². The molecule has 10 atom stereocenters. The third kappa shape index (κ3) is 13.0. The minimum absolute atomic E-state index is 0.0223. The molecule has 0 spiro atoms. The number of esters is 6. The summed E-state index contributed by atoms with van der Waals surface area (Å²) in [7, 11) is 0. The second-order valence-corrected chi connectivity index (χ2v) is 16.7. The van der Waals surface area contributed by atoms with E-state index in [4.69, 9.17) is 42.6 Å². The van der Waals surface area contributed by atoms with E-state index in [1.807, 2.05) is 0 Å². The fraction of sp³-hybridized carbons (Fsp3) is 0.228. The van der Waals surface area contributed by atoms with Gasteiger partial charge in [0.15, 0.2) is 30.7 Å². The number of aliphatic hydroxyl groups is 1. The maximum absolute atomic E-state index is 14.3. The molecule has 0 saturated carbocycles. The first-order valence-electron chi connectivity index (χ1n) is 23.3. The number of hydrogen-bond acceptors (Lipinski definition) is 16. The zero-order valence-corrected chi connectivity index (χ0v) is 39.1. The fourth-order valence-corrected chi connectivity index (χ4v) is 8.17. The predicted molar refractivity (Wildman–Crippen MR) is 259 cm³/mol. The van der Waals surface area contributed by atoms with Gasteiger partial charge in [-0.15, -0.1) is 6.58 Å². The van der Waals surface area contributed by atoms with Crippen molar-refractivity contribution in [3.8, 4) is 0 Å². The van der Waals surface area contributed by atoms with Gasteiger partial charge in [0.25, 0.3) is 0 Å². The molecule has 16 heteroatoms. The van der Waals surface area contributed by atoms with Crippen LogP contribution in [0, 0.1) is 0 Å². The van der Waals surface area contributed by atoms with Crippen molar-refractivity contribution in [3.05, 3.63) is 228 Å². The number of carbonyl (C=O) groups is 6. The Morgan fingerprint density at radius 3 is 1.08 bits per heavy atom. The van der Waals surface area contributed by atoms with E-state index in [2.05, 4.69) is 6.58 Å². The summed E-state index contributed by atoms with van der Waals surface area (Å²) in [6.07, 6.45) is -15.0. The van der Waals surface area contributed by atoms with Gasteiger partial charge >= 0.3 is 35.8 Å². The van der Waals surface area contributed by atoms with Crippen LogP contribution in [0.3, 0.4) is 0 Å². The highest BCUT2D eigenvalue weighted by atomic mass is 16.8. The number of hydrogen-bond donors (Lipinski definition) is 1. The first-order chi connectivity index (χ1) is 35.6. The Bertz CT molecular complexity index is 2800. The average Bonchev–Trinajstić information content (AvgIpc) is 3.44. The largest absolute Gasteiger partial charge is 0.459 e. The molecule has 2 heterocycles. The Labute approximate surface area is 419 Å². The first-order valence-corrected chi connectivity index (χ1v) is 23.3. The highest BCUT2D eigenvalue weighted by Gasteiger charge is 2.57. The Morgan fingerprint density at radius 2 is 0.712 bits per heavy atom. The van der Waals surface area contributed by atoms with Gasteiger partial charge in [0.05, 0.1) is 39.5 Å². The lowest BCUT2D eigenvalue weighted by Gasteiger charge is -2.48. The van der Waals surface area contributed by atoms with Crippen LogP contribution in [0.1, 0.15) is 68.6 Å². The summed E-state index contributed by atoms with van der Waals surface area (Å²) in [4.78, 5) is 83.8. The van der Waals surface area contributed by atoms with Crippen molar-refractivity contribution < 1.29 is 76.5 Å². The van der Waals surface area contributed by atoms with Crippen LogP contribution in [-0.2, 0) is 42.6 Å². The van der Waals surface area contributed by atoms with Crippen LogP contribution in [0.5, 0.6) is 0 Å². The molecule has 0 bridgehead atoms. The second-order valence-electron chi connectivity index (χ2n) is 16.7. The van der Waals surface area contributed by atoms with E-state index in [-0.39, 0.29) is 39.8 Å². The summed E-state index contributed by atoms with van der Waals surface area (Å²) in [5, 5.41) is 12.1. The van der Waals surface area contributed by atoms with Gasteiger partial charge in [0, 0.05) is 0 Å². The van der Waals surface area contributed by atoms with Gasteiger partial charge in [-0.2, -0.15) is 0 Å². The molecule has 374 valence electrons. The van der Waals surface area contributed by atoms with Crippen LogP contribution in [0.4, 0.5) is 0 Å². The van der Waals surface area contributed by atoms with Crippen LogP contribution in [-0.4, -0.2) is 115 Å². The second kappa shape index (κ2) is 24.7. The van der Waals surface area contributed by atoms with E-state index in [0.717, 1.165) is 0 Å². The van der Waals surface area contributed by atoms with Gasteiger partial charge in [0.2, 0.25) is 0 Å². The molecule has 6 aromatic rings. The van der Waals surface area contributed by atoms with Gasteiger partial charge < -0.3 is 47.7 Å². The molecule has 2 aliphatic rings. The van der Waals surface area contributed by atoms with Crippen molar-refractivity contribution in [2.75, 3.05) is 13.2 Å². The quantitative estimate of drug-likeness (QED) is 0.0505. The number of benzene rings is 6. The zero-order valence-electron chi connectivity index (χ0n) is 39.1. The summed E-state index contributed by atoms with van der Waals surface area (Å²) in [6.45, 7) is 2.54. The summed E-state index contributed by atoms with van der Waals surface area (Å²) in [5.74, 6) is -5.31. The van der Waals surface area contributed by atoms with E-state index in [0.29, 0.717) is 0 Å². The smallest absolute Gasteiger partial charge is 0.338 e. The van der Waals surface area contributed by atoms with Gasteiger partial charge in [-0.25, -0.2) is 28.8 Å². The number of carbonyl (C=O) groups excluding carboxylic acids is 6. The Balaban J connectivity index is 1.25. The summed E-state index contributed by atoms with van der Waals surface area (Å²) >= 11 is 0. The Hall–Kier alpha value is -8.28. The predicted octanol–water partition coefficient (Wildman–Crippen LogP) is 7.42. The topological polar surface area (TPSA) is 206 Å². The molecule has 0 unspecified atom stereocenters. The van der Waals surface area contributed by atoms with Crippen LogP contribution < -0.4 is 0 Å². The first kappa shape index (κ1) is 51.1. The van der Waals surface area contributed by atoms with Crippen molar-refractivity contribution in [3.63, 3.8) is 0 Å². The Kier molecular flexibility index (Phi) is 17.3. The third-order valence-corrected chi connectivity index (χ3v) is 11.8. The molecule has 0 amide bonds. The third-order valence-electron chi connectivity index (χ3n) is 11.8. The van der Waals surface area contributed by atoms with Crippen molar-refractivity contribution in [2.24, 2.45) is 0 Å². The molecule has 16 nitrogen and oxygen atoms in total. The van der Waals surface area contributed by atoms with Gasteiger partial charge in [-0.3, -0.25) is 0 Å². The summed E-state index contributed by atoms with van der Waals surface area (Å²) in [5.41, 5.74) is 0.614. The molecule has 8 rings (SSSR count). The normalized spacial score (nSPS) is 23.4. The lowest BCUT2D eigenvalue weighted by atomic mass is 9.92. The fourth-order valence-electron chi connectivity index (χ4n) is 8.17. The van der Waals surface area contributed by atoms with Crippen LogP contribution in [0.2, 0.25) is 0 Å². The highest BCUT2D eigenvalue weighted by Crippen LogP contribution is 2.36. The minimum Gasteiger partial charge on any atom is -0.459 e. The van der Waals surface area contributed by atoms with Gasteiger partial charge in [-0.05, 0) is 79.2 Å². The number of rotatable bonds is 18. The van der Waals surface area contributed by atoms with E-state index in [9.17, 15) is 33.9 Å². The zero-order chi connectivity index (χ0) is 51.1. The maximum atomic E-state index is 14.3. The van der Waals surface area contributed by atoms with E-state index >= 15 is 0 Å². The molecule has 1 N–H and O–H groups in total. The molecule has 0 aliphatic carbocycles. The molecular formula is C57H50O16. The highest BCUT2D eigenvalue weighted by molar-refractivity contribution is 5.92. The molecule has 73 heavy (non-hydrogen) atoms. The molecule has 6 aromatic carbocycles. The van der Waals surface area contributed by atoms with E-state index in [1.54, 1.807) is 109 Å². The molecule has 2 aliphatic heterocycles. The van der Waals surface area contributed by atoms with Crippen molar-refractivity contribution in [2.45, 2.75) is 67.6 Å². The molecule has 2 fully saturated rings. The maximum Gasteiger partial charge on any atom is 0.338 e. The van der Waals surface area contributed by atoms with Crippen LogP contribution in [0.25, 0.3) is 0 Å². The van der Waals surface area contributed by atoms with E-state index < -0.39 is 110 Å². The summed E-state index contributed by atoms with van der Waals surface area (Å²) in [6, 6.07) is 47.4. The minimum atomic E-state index is -1.95. The average molecular weight is 991 g/mol. The molecule has 0 radical (unpaired) electrons. The summed E-state index contributed by atoms with van der Waals surface area (Å²) < 4.78 is 56.2. The van der Waals surface area contributed by atoms with Crippen LogP contribution in [0.15, 0.2) is 195 Å². The molecule has 0 aromatic heterocycles. The lowest BCUT2D eigenvalue weighted by Crippen LogP contribution is -2.66. The Morgan fingerprint density at radius 1 is 0.397 bits per heavy atom. The lowest BCUT2D eigenvalue weighted by molar-refractivity contribution is -0.339. The van der Waals surface area contributed by atoms with Crippen molar-refractivity contribution in [1.82, 2.24) is 0 Å². The van der Waals surface area contributed by atoms with Gasteiger partial charge in [0.1, 0.15) is 37.6 Å². The standard InChI is InChI=1S/C57H50O16/c1-2-21-42-45(58)48(70-54(62)39-28-15-6-16-29-39)46(43(67-42)34-65-51(59)36-22-9-3-10-23-36)73-57-50(72-56(64)41-32-19-8-20-33-41)49(71-55(63)40-30-17-7-18-31-40)47(69-53(61)38-26-13-5-14-27-38)44(68-57)35-66-52(60)37-24-11-4-12-25-37/h2-20,22-33,42-50,57-58H,1,21,34-35H2/t42-,43-,44-,45+,46-,47+,48-,49+,50-,57+/m1/s1. The molecule has 2 saturated heterocycles. The van der Waals surface area contributed by atoms with Gasteiger partial charge in [-0.1, -0.05) is 115 Å². The SMILES string of the molecule is C=CC[C@H]1O[C@H](COC(=O)c2ccccc2)[C@@H](O[C@@H]2O[C@H](COC(=O)c3ccccc3)[C@H](OC(=O)c3ccccc3)[C@H](OC(=O)c3ccccc3)[C@H]2OC(=O)c2ccccc2)[C@H](OC(=O)c2ccccc2)[C@H]1O. The number of ether oxygens (including phenoxy) is 9. The van der Waals surface area contributed by atoms with Crippen LogP contribution >= 0.6 is 0 Å². The number of aliphatic hydroxyl groups excluding tert-OH is 1. The van der Waals surface area contributed by atoms with Crippen molar-refractivity contribution >= 4 is 35.8 Å².